The Morgan fingerprint density at radius 2 is 1.76 bits per heavy atom. The van der Waals surface area contributed by atoms with Gasteiger partial charge in [-0.15, -0.1) is 0 Å². The number of ether oxygens (including phenoxy) is 1. The zero-order valence-electron chi connectivity index (χ0n) is 13.5. The Morgan fingerprint density at radius 3 is 2.24 bits per heavy atom. The molecule has 0 aliphatic rings. The maximum atomic E-state index is 12.3. The summed E-state index contributed by atoms with van der Waals surface area (Å²) in [6.07, 6.45) is 0.709. The largest absolute Gasteiger partial charge is 0.469 e. The summed E-state index contributed by atoms with van der Waals surface area (Å²) in [6.45, 7) is 7.73. The highest BCUT2D eigenvalue weighted by Gasteiger charge is 2.39. The van der Waals surface area contributed by atoms with Crippen LogP contribution in [0.4, 0.5) is 0 Å². The van der Waals surface area contributed by atoms with E-state index >= 15 is 0 Å². The first-order chi connectivity index (χ1) is 9.78. The van der Waals surface area contributed by atoms with Gasteiger partial charge in [0, 0.05) is 11.6 Å². The molecular formula is C17H25NO3. The highest BCUT2D eigenvalue weighted by Crippen LogP contribution is 2.27. The van der Waals surface area contributed by atoms with Gasteiger partial charge in [-0.1, -0.05) is 32.0 Å². The number of hydrogen-bond acceptors (Lipinski definition) is 3. The van der Waals surface area contributed by atoms with Crippen molar-refractivity contribution < 1.29 is 14.3 Å². The first-order valence-corrected chi connectivity index (χ1v) is 7.23. The van der Waals surface area contributed by atoms with Gasteiger partial charge in [0.1, 0.15) is 0 Å². The molecule has 0 fully saturated rings. The number of carbonyl (C=O) groups excluding carboxylic acids is 2. The van der Waals surface area contributed by atoms with Crippen molar-refractivity contribution in [2.45, 2.75) is 40.2 Å². The highest BCUT2D eigenvalue weighted by atomic mass is 16.5. The third-order valence-corrected chi connectivity index (χ3v) is 3.63. The molecule has 4 heteroatoms. The van der Waals surface area contributed by atoms with Crippen molar-refractivity contribution in [3.8, 4) is 0 Å². The maximum absolute atomic E-state index is 12.3. The van der Waals surface area contributed by atoms with Crippen molar-refractivity contribution in [1.82, 2.24) is 5.32 Å². The number of carbonyl (C=O) groups is 2. The van der Waals surface area contributed by atoms with Crippen LogP contribution in [0, 0.1) is 11.3 Å². The number of methoxy groups -OCH3 is 1. The number of amides is 1. The second-order valence-electron chi connectivity index (χ2n) is 6.23. The first kappa shape index (κ1) is 17.2. The van der Waals surface area contributed by atoms with Gasteiger partial charge in [-0.2, -0.15) is 0 Å². The van der Waals surface area contributed by atoms with Crippen LogP contribution in [0.25, 0.3) is 0 Å². The highest BCUT2D eigenvalue weighted by molar-refractivity contribution is 5.94. The minimum Gasteiger partial charge on any atom is -0.469 e. The quantitative estimate of drug-likeness (QED) is 0.820. The van der Waals surface area contributed by atoms with Gasteiger partial charge in [-0.05, 0) is 38.3 Å². The average molecular weight is 291 g/mol. The number of esters is 1. The van der Waals surface area contributed by atoms with Crippen LogP contribution in [0.5, 0.6) is 0 Å². The van der Waals surface area contributed by atoms with Crippen molar-refractivity contribution >= 4 is 11.9 Å². The second kappa shape index (κ2) is 7.25. The van der Waals surface area contributed by atoms with Gasteiger partial charge in [0.05, 0.1) is 12.5 Å². The topological polar surface area (TPSA) is 55.4 Å². The van der Waals surface area contributed by atoms with E-state index in [9.17, 15) is 9.59 Å². The van der Waals surface area contributed by atoms with Crippen LogP contribution in [0.1, 0.15) is 44.5 Å². The van der Waals surface area contributed by atoms with Crippen LogP contribution in [-0.4, -0.2) is 25.0 Å². The first-order valence-electron chi connectivity index (χ1n) is 7.23. The number of nitrogens with one attached hydrogen (secondary N) is 1. The van der Waals surface area contributed by atoms with Crippen molar-refractivity contribution in [3.63, 3.8) is 0 Å². The Kier molecular flexibility index (Phi) is 5.94. The molecule has 1 atom stereocenters. The van der Waals surface area contributed by atoms with E-state index in [1.165, 1.54) is 7.11 Å². The van der Waals surface area contributed by atoms with Gasteiger partial charge >= 0.3 is 5.97 Å². The van der Waals surface area contributed by atoms with E-state index in [1.807, 2.05) is 18.2 Å². The van der Waals surface area contributed by atoms with E-state index in [2.05, 4.69) is 19.2 Å². The zero-order valence-corrected chi connectivity index (χ0v) is 13.5. The Labute approximate surface area is 126 Å². The molecule has 1 aromatic rings. The van der Waals surface area contributed by atoms with Crippen LogP contribution < -0.4 is 5.32 Å². The standard InChI is InChI=1S/C17H25NO3/c1-12(2)11-14(17(3,4)16(20)21-5)18-15(19)13-9-7-6-8-10-13/h6-10,12,14H,11H2,1-5H3,(H,18,19)/t14-/m0/s1. The molecule has 0 unspecified atom stereocenters. The van der Waals surface area contributed by atoms with Crippen molar-refractivity contribution in [2.24, 2.45) is 11.3 Å². The molecule has 0 spiro atoms. The van der Waals surface area contributed by atoms with Gasteiger partial charge in [0.15, 0.2) is 0 Å². The fraction of sp³-hybridized carbons (Fsp3) is 0.529. The third kappa shape index (κ3) is 4.59. The van der Waals surface area contributed by atoms with Crippen LogP contribution in [0.15, 0.2) is 30.3 Å². The molecule has 0 radical (unpaired) electrons. The van der Waals surface area contributed by atoms with Gasteiger partial charge < -0.3 is 10.1 Å². The smallest absolute Gasteiger partial charge is 0.313 e. The van der Waals surface area contributed by atoms with Crippen molar-refractivity contribution in [1.29, 1.82) is 0 Å². The SMILES string of the molecule is COC(=O)C(C)(C)[C@H](CC(C)C)NC(=O)c1ccccc1. The third-order valence-electron chi connectivity index (χ3n) is 3.63. The molecule has 1 amide bonds. The molecule has 1 aromatic carbocycles. The lowest BCUT2D eigenvalue weighted by atomic mass is 9.80. The van der Waals surface area contributed by atoms with E-state index < -0.39 is 5.41 Å². The fourth-order valence-corrected chi connectivity index (χ4v) is 2.24. The molecule has 0 saturated carbocycles. The average Bonchev–Trinajstić information content (AvgIpc) is 2.45. The Morgan fingerprint density at radius 1 is 1.19 bits per heavy atom. The van der Waals surface area contributed by atoms with Crippen LogP contribution in [0.2, 0.25) is 0 Å². The molecular weight excluding hydrogens is 266 g/mol. The van der Waals surface area contributed by atoms with Gasteiger partial charge in [0.25, 0.3) is 5.91 Å². The molecule has 1 rings (SSSR count). The summed E-state index contributed by atoms with van der Waals surface area (Å²) in [6, 6.07) is 8.73. The van der Waals surface area contributed by atoms with Gasteiger partial charge in [-0.25, -0.2) is 0 Å². The predicted octanol–water partition coefficient (Wildman–Crippen LogP) is 3.03. The molecule has 0 bridgehead atoms. The van der Waals surface area contributed by atoms with Crippen molar-refractivity contribution in [2.75, 3.05) is 7.11 Å². The molecule has 0 saturated heterocycles. The minimum absolute atomic E-state index is 0.168. The molecule has 1 N–H and O–H groups in total. The molecule has 0 aromatic heterocycles. The number of benzene rings is 1. The lowest BCUT2D eigenvalue weighted by Crippen LogP contribution is -2.50. The summed E-state index contributed by atoms with van der Waals surface area (Å²) in [5, 5.41) is 2.98. The summed E-state index contributed by atoms with van der Waals surface area (Å²) in [5.41, 5.74) is -0.185. The molecule has 116 valence electrons. The van der Waals surface area contributed by atoms with Crippen LogP contribution in [-0.2, 0) is 9.53 Å². The summed E-state index contributed by atoms with van der Waals surface area (Å²) >= 11 is 0. The Bertz CT molecular complexity index is 480. The molecule has 0 aliphatic carbocycles. The van der Waals surface area contributed by atoms with Crippen molar-refractivity contribution in [3.05, 3.63) is 35.9 Å². The molecule has 21 heavy (non-hydrogen) atoms. The second-order valence-corrected chi connectivity index (χ2v) is 6.23. The zero-order chi connectivity index (χ0) is 16.0. The van der Waals surface area contributed by atoms with E-state index in [4.69, 9.17) is 4.74 Å². The van der Waals surface area contributed by atoms with Crippen LogP contribution >= 0.6 is 0 Å². The molecule has 0 heterocycles. The monoisotopic (exact) mass is 291 g/mol. The summed E-state index contributed by atoms with van der Waals surface area (Å²) in [5.74, 6) is -0.130. The van der Waals surface area contributed by atoms with E-state index in [0.29, 0.717) is 17.9 Å². The van der Waals surface area contributed by atoms with Gasteiger partial charge in [-0.3, -0.25) is 9.59 Å². The van der Waals surface area contributed by atoms with Gasteiger partial charge in [0.2, 0.25) is 0 Å². The summed E-state index contributed by atoms with van der Waals surface area (Å²) < 4.78 is 4.87. The van der Waals surface area contributed by atoms with E-state index in [0.717, 1.165) is 0 Å². The lowest BCUT2D eigenvalue weighted by Gasteiger charge is -2.33. The van der Waals surface area contributed by atoms with Crippen LogP contribution in [0.3, 0.4) is 0 Å². The Balaban J connectivity index is 2.93. The van der Waals surface area contributed by atoms with E-state index in [-0.39, 0.29) is 17.9 Å². The molecule has 0 aliphatic heterocycles. The minimum atomic E-state index is -0.774. The lowest BCUT2D eigenvalue weighted by molar-refractivity contribution is -0.152. The molecule has 4 nitrogen and oxygen atoms in total. The fourth-order valence-electron chi connectivity index (χ4n) is 2.24. The van der Waals surface area contributed by atoms with E-state index in [1.54, 1.807) is 26.0 Å². The number of hydrogen-bond donors (Lipinski definition) is 1. The predicted molar refractivity (Wildman–Crippen MR) is 82.9 cm³/mol. The summed E-state index contributed by atoms with van der Waals surface area (Å²) in [7, 11) is 1.37. The Hall–Kier alpha value is -1.84. The summed E-state index contributed by atoms with van der Waals surface area (Å²) in [4.78, 5) is 24.3. The number of rotatable bonds is 6. The normalized spacial score (nSPS) is 12.9. The maximum Gasteiger partial charge on any atom is 0.313 e.